The standard InChI is InChI=1S/C27H23Cl2N5O4S/c28-17-3-6-19(20(29)13-17)25(35)30-18-4-1-15(2-5-18)11-21(27(37)38)31-26(36)22-7-8-23-32-33-24(34(22)23)12-16-9-10-39-14-16/h1-6,9-10,13-14,21-22H,7-8,11-12H2,(H,30,35)(H,31,36)(H,37,38). The number of aromatic nitrogens is 3. The number of aryl methyl sites for hydroxylation is 1. The number of rotatable bonds is 9. The van der Waals surface area contributed by atoms with Gasteiger partial charge in [-0.2, -0.15) is 11.3 Å². The van der Waals surface area contributed by atoms with E-state index in [4.69, 9.17) is 23.2 Å². The molecule has 0 aliphatic carbocycles. The van der Waals surface area contributed by atoms with Crippen molar-refractivity contribution in [3.63, 3.8) is 0 Å². The number of nitrogens with zero attached hydrogens (tertiary/aromatic N) is 3. The molecule has 1 aliphatic rings. The zero-order valence-corrected chi connectivity index (χ0v) is 22.8. The summed E-state index contributed by atoms with van der Waals surface area (Å²) in [6.07, 6.45) is 1.75. The van der Waals surface area contributed by atoms with Crippen LogP contribution in [-0.4, -0.2) is 43.7 Å². The molecule has 3 N–H and O–H groups in total. The number of amides is 2. The number of thiophene rings is 1. The number of carboxylic acids is 1. The van der Waals surface area contributed by atoms with Crippen LogP contribution in [0.5, 0.6) is 0 Å². The number of carbonyl (C=O) groups excluding carboxylic acids is 2. The summed E-state index contributed by atoms with van der Waals surface area (Å²) < 4.78 is 1.83. The normalized spacial score (nSPS) is 15.0. The average Bonchev–Trinajstić information content (AvgIpc) is 3.64. The van der Waals surface area contributed by atoms with E-state index in [0.29, 0.717) is 41.4 Å². The molecular weight excluding hydrogens is 561 g/mol. The van der Waals surface area contributed by atoms with Crippen molar-refractivity contribution in [3.05, 3.63) is 97.7 Å². The van der Waals surface area contributed by atoms with Crippen LogP contribution >= 0.6 is 34.5 Å². The Morgan fingerprint density at radius 3 is 2.56 bits per heavy atom. The highest BCUT2D eigenvalue weighted by Gasteiger charge is 2.34. The van der Waals surface area contributed by atoms with Crippen molar-refractivity contribution in [2.24, 2.45) is 0 Å². The Morgan fingerprint density at radius 2 is 1.87 bits per heavy atom. The van der Waals surface area contributed by atoms with Gasteiger partial charge in [0.25, 0.3) is 5.91 Å². The van der Waals surface area contributed by atoms with Gasteiger partial charge in [-0.15, -0.1) is 10.2 Å². The quantitative estimate of drug-likeness (QED) is 0.260. The van der Waals surface area contributed by atoms with Crippen molar-refractivity contribution in [1.82, 2.24) is 20.1 Å². The van der Waals surface area contributed by atoms with Crippen LogP contribution in [0.4, 0.5) is 5.69 Å². The van der Waals surface area contributed by atoms with Crippen molar-refractivity contribution in [2.75, 3.05) is 5.32 Å². The Labute approximate surface area is 237 Å². The van der Waals surface area contributed by atoms with E-state index in [2.05, 4.69) is 20.8 Å². The topological polar surface area (TPSA) is 126 Å². The van der Waals surface area contributed by atoms with Gasteiger partial charge in [0.15, 0.2) is 0 Å². The van der Waals surface area contributed by atoms with E-state index < -0.39 is 24.0 Å². The van der Waals surface area contributed by atoms with Gasteiger partial charge in [0.1, 0.15) is 23.7 Å². The highest BCUT2D eigenvalue weighted by molar-refractivity contribution is 7.07. The summed E-state index contributed by atoms with van der Waals surface area (Å²) in [7, 11) is 0. The molecule has 0 spiro atoms. The number of carbonyl (C=O) groups is 3. The van der Waals surface area contributed by atoms with E-state index in [1.165, 1.54) is 12.1 Å². The lowest BCUT2D eigenvalue weighted by Gasteiger charge is -2.20. The number of fused-ring (bicyclic) bond motifs is 1. The van der Waals surface area contributed by atoms with Gasteiger partial charge in [-0.1, -0.05) is 35.3 Å². The van der Waals surface area contributed by atoms with Crippen molar-refractivity contribution in [2.45, 2.75) is 37.8 Å². The summed E-state index contributed by atoms with van der Waals surface area (Å²) in [6.45, 7) is 0. The molecule has 12 heteroatoms. The molecule has 1 aliphatic heterocycles. The first-order valence-corrected chi connectivity index (χ1v) is 13.8. The zero-order valence-electron chi connectivity index (χ0n) is 20.4. The van der Waals surface area contributed by atoms with Gasteiger partial charge in [0, 0.05) is 30.0 Å². The molecule has 0 fully saturated rings. The molecule has 9 nitrogen and oxygen atoms in total. The van der Waals surface area contributed by atoms with Gasteiger partial charge in [-0.3, -0.25) is 9.59 Å². The molecule has 39 heavy (non-hydrogen) atoms. The summed E-state index contributed by atoms with van der Waals surface area (Å²) in [5.74, 6) is -0.506. The number of hydrogen-bond donors (Lipinski definition) is 3. The number of aliphatic carboxylic acids is 1. The number of benzene rings is 2. The predicted octanol–water partition coefficient (Wildman–Crippen LogP) is 4.79. The van der Waals surface area contributed by atoms with E-state index in [1.54, 1.807) is 41.7 Å². The van der Waals surface area contributed by atoms with Crippen LogP contribution in [-0.2, 0) is 28.9 Å². The zero-order chi connectivity index (χ0) is 27.5. The first-order chi connectivity index (χ1) is 18.8. The third-order valence-corrected chi connectivity index (χ3v) is 7.76. The highest BCUT2D eigenvalue weighted by Crippen LogP contribution is 2.28. The van der Waals surface area contributed by atoms with Gasteiger partial charge < -0.3 is 20.3 Å². The number of anilines is 1. The van der Waals surface area contributed by atoms with Gasteiger partial charge in [-0.05, 0) is 64.7 Å². The molecule has 4 aromatic rings. The molecule has 0 radical (unpaired) electrons. The van der Waals surface area contributed by atoms with Gasteiger partial charge in [0.2, 0.25) is 5.91 Å². The number of hydrogen-bond acceptors (Lipinski definition) is 6. The van der Waals surface area contributed by atoms with E-state index in [0.717, 1.165) is 11.4 Å². The van der Waals surface area contributed by atoms with Crippen molar-refractivity contribution >= 4 is 58.0 Å². The minimum absolute atomic E-state index is 0.0713. The molecule has 3 heterocycles. The minimum atomic E-state index is -1.14. The number of halogens is 2. The van der Waals surface area contributed by atoms with Crippen LogP contribution in [0, 0.1) is 0 Å². The monoisotopic (exact) mass is 583 g/mol. The Bertz CT molecular complexity index is 1520. The molecular formula is C27H23Cl2N5O4S. The maximum Gasteiger partial charge on any atom is 0.326 e. The lowest BCUT2D eigenvalue weighted by atomic mass is 10.0. The summed E-state index contributed by atoms with van der Waals surface area (Å²) in [6, 6.07) is 11.6. The second-order valence-corrected chi connectivity index (χ2v) is 10.8. The van der Waals surface area contributed by atoms with Crippen LogP contribution in [0.1, 0.15) is 45.6 Å². The fourth-order valence-electron chi connectivity index (χ4n) is 4.53. The van der Waals surface area contributed by atoms with E-state index in [-0.39, 0.29) is 22.9 Å². The molecule has 2 unspecified atom stereocenters. The van der Waals surface area contributed by atoms with Crippen LogP contribution in [0.25, 0.3) is 0 Å². The third-order valence-electron chi connectivity index (χ3n) is 6.48. The average molecular weight is 584 g/mol. The first kappa shape index (κ1) is 26.9. The van der Waals surface area contributed by atoms with Crippen LogP contribution in [0.2, 0.25) is 10.0 Å². The number of nitrogens with one attached hydrogen (secondary N) is 2. The Balaban J connectivity index is 1.23. The Kier molecular flexibility index (Phi) is 7.97. The second-order valence-electron chi connectivity index (χ2n) is 9.14. The molecule has 200 valence electrons. The molecule has 0 bridgehead atoms. The van der Waals surface area contributed by atoms with Crippen molar-refractivity contribution in [3.8, 4) is 0 Å². The fraction of sp³-hybridized carbons (Fsp3) is 0.222. The van der Waals surface area contributed by atoms with E-state index in [9.17, 15) is 19.5 Å². The second kappa shape index (κ2) is 11.6. The van der Waals surface area contributed by atoms with Crippen LogP contribution < -0.4 is 10.6 Å². The van der Waals surface area contributed by atoms with Gasteiger partial charge in [0.05, 0.1) is 10.6 Å². The molecule has 0 saturated carbocycles. The maximum absolute atomic E-state index is 13.2. The molecule has 2 aromatic carbocycles. The van der Waals surface area contributed by atoms with Gasteiger partial charge in [-0.25, -0.2) is 4.79 Å². The Morgan fingerprint density at radius 1 is 1.08 bits per heavy atom. The largest absolute Gasteiger partial charge is 0.480 e. The minimum Gasteiger partial charge on any atom is -0.480 e. The van der Waals surface area contributed by atoms with Crippen LogP contribution in [0.3, 0.4) is 0 Å². The van der Waals surface area contributed by atoms with E-state index >= 15 is 0 Å². The highest BCUT2D eigenvalue weighted by atomic mass is 35.5. The first-order valence-electron chi connectivity index (χ1n) is 12.1. The molecule has 5 rings (SSSR count). The predicted molar refractivity (Wildman–Crippen MR) is 149 cm³/mol. The maximum atomic E-state index is 13.2. The summed E-state index contributed by atoms with van der Waals surface area (Å²) in [5.41, 5.74) is 2.55. The smallest absolute Gasteiger partial charge is 0.326 e. The molecule has 2 atom stereocenters. The van der Waals surface area contributed by atoms with Crippen molar-refractivity contribution in [1.29, 1.82) is 0 Å². The van der Waals surface area contributed by atoms with Crippen molar-refractivity contribution < 1.29 is 19.5 Å². The molecule has 2 aromatic heterocycles. The fourth-order valence-corrected chi connectivity index (χ4v) is 5.69. The van der Waals surface area contributed by atoms with Gasteiger partial charge >= 0.3 is 5.97 Å². The lowest BCUT2D eigenvalue weighted by molar-refractivity contribution is -0.142. The molecule has 2 amide bonds. The SMILES string of the molecule is O=C(Nc1ccc(CC(NC(=O)C2CCc3nnc(Cc4ccsc4)n32)C(=O)O)cc1)c1ccc(Cl)cc1Cl. The number of carboxylic acid groups (broad SMARTS) is 1. The summed E-state index contributed by atoms with van der Waals surface area (Å²) in [4.78, 5) is 37.8. The van der Waals surface area contributed by atoms with Crippen LogP contribution in [0.15, 0.2) is 59.3 Å². The lowest BCUT2D eigenvalue weighted by Crippen LogP contribution is -2.45. The van der Waals surface area contributed by atoms with E-state index in [1.807, 2.05) is 21.4 Å². The Hall–Kier alpha value is -3.73. The summed E-state index contributed by atoms with van der Waals surface area (Å²) in [5, 5.41) is 28.4. The molecule has 0 saturated heterocycles. The summed E-state index contributed by atoms with van der Waals surface area (Å²) >= 11 is 13.6. The third kappa shape index (κ3) is 6.13.